The van der Waals surface area contributed by atoms with Crippen LogP contribution in [-0.4, -0.2) is 42.6 Å². The first-order valence-corrected chi connectivity index (χ1v) is 8.10. The fourth-order valence-corrected chi connectivity index (χ4v) is 2.57. The number of rotatable bonds is 8. The van der Waals surface area contributed by atoms with E-state index in [9.17, 15) is 4.79 Å². The minimum atomic E-state index is -0.0950. The van der Waals surface area contributed by atoms with Gasteiger partial charge in [-0.05, 0) is 45.9 Å². The molecule has 0 saturated carbocycles. The number of nitrogens with one attached hydrogen (secondary N) is 1. The van der Waals surface area contributed by atoms with Crippen LogP contribution in [0, 0.1) is 0 Å². The number of carbonyl (C=O) groups is 1. The van der Waals surface area contributed by atoms with E-state index in [-0.39, 0.29) is 12.5 Å². The van der Waals surface area contributed by atoms with Gasteiger partial charge in [-0.2, -0.15) is 0 Å². The van der Waals surface area contributed by atoms with Crippen molar-refractivity contribution in [3.63, 3.8) is 0 Å². The third kappa shape index (κ3) is 6.96. The molecular formula is C16H25BrN2O2. The Bertz CT molecular complexity index is 442. The lowest BCUT2D eigenvalue weighted by atomic mass is 10.2. The SMILES string of the molecule is CC(C)N(CCNC(=O)COc1cccc(Br)c1)C(C)C. The van der Waals surface area contributed by atoms with Gasteiger partial charge in [0.1, 0.15) is 5.75 Å². The summed E-state index contributed by atoms with van der Waals surface area (Å²) in [7, 11) is 0. The van der Waals surface area contributed by atoms with Crippen LogP contribution in [0.4, 0.5) is 0 Å². The minimum absolute atomic E-state index is 0.0415. The van der Waals surface area contributed by atoms with Crippen molar-refractivity contribution >= 4 is 21.8 Å². The molecule has 1 aromatic carbocycles. The average Bonchev–Trinajstić information content (AvgIpc) is 2.40. The van der Waals surface area contributed by atoms with Crippen molar-refractivity contribution < 1.29 is 9.53 Å². The third-order valence-corrected chi connectivity index (χ3v) is 3.68. The molecule has 0 saturated heterocycles. The Balaban J connectivity index is 2.28. The van der Waals surface area contributed by atoms with E-state index in [2.05, 4.69) is 53.8 Å². The fourth-order valence-electron chi connectivity index (χ4n) is 2.19. The molecule has 4 nitrogen and oxygen atoms in total. The molecule has 0 heterocycles. The molecule has 0 aliphatic heterocycles. The molecule has 118 valence electrons. The average molecular weight is 357 g/mol. The Morgan fingerprint density at radius 2 is 1.95 bits per heavy atom. The first-order chi connectivity index (χ1) is 9.90. The summed E-state index contributed by atoms with van der Waals surface area (Å²) < 4.78 is 6.38. The molecule has 0 aliphatic carbocycles. The van der Waals surface area contributed by atoms with Crippen LogP contribution in [-0.2, 0) is 4.79 Å². The third-order valence-electron chi connectivity index (χ3n) is 3.18. The predicted octanol–water partition coefficient (Wildman–Crippen LogP) is 3.06. The summed E-state index contributed by atoms with van der Waals surface area (Å²) in [5, 5.41) is 2.89. The van der Waals surface area contributed by atoms with E-state index in [0.29, 0.717) is 24.4 Å². The summed E-state index contributed by atoms with van der Waals surface area (Å²) in [6, 6.07) is 8.41. The summed E-state index contributed by atoms with van der Waals surface area (Å²) >= 11 is 3.37. The zero-order valence-electron chi connectivity index (χ0n) is 13.2. The van der Waals surface area contributed by atoms with Gasteiger partial charge in [0, 0.05) is 29.6 Å². The van der Waals surface area contributed by atoms with Crippen molar-refractivity contribution in [3.8, 4) is 5.75 Å². The van der Waals surface area contributed by atoms with Crippen LogP contribution >= 0.6 is 15.9 Å². The van der Waals surface area contributed by atoms with Crippen LogP contribution in [0.15, 0.2) is 28.7 Å². The molecule has 0 aliphatic rings. The molecule has 21 heavy (non-hydrogen) atoms. The molecular weight excluding hydrogens is 332 g/mol. The topological polar surface area (TPSA) is 41.6 Å². The van der Waals surface area contributed by atoms with Gasteiger partial charge in [-0.1, -0.05) is 22.0 Å². The van der Waals surface area contributed by atoms with Gasteiger partial charge in [0.05, 0.1) is 0 Å². The molecule has 1 N–H and O–H groups in total. The Hall–Kier alpha value is -1.07. The molecule has 0 aromatic heterocycles. The van der Waals surface area contributed by atoms with Gasteiger partial charge in [0.2, 0.25) is 0 Å². The maximum atomic E-state index is 11.8. The van der Waals surface area contributed by atoms with Gasteiger partial charge in [-0.25, -0.2) is 0 Å². The van der Waals surface area contributed by atoms with Crippen molar-refractivity contribution in [3.05, 3.63) is 28.7 Å². The number of carbonyl (C=O) groups excluding carboxylic acids is 1. The van der Waals surface area contributed by atoms with Gasteiger partial charge in [0.15, 0.2) is 6.61 Å². The largest absolute Gasteiger partial charge is 0.484 e. The zero-order valence-corrected chi connectivity index (χ0v) is 14.8. The lowest BCUT2D eigenvalue weighted by Gasteiger charge is -2.30. The van der Waals surface area contributed by atoms with Crippen LogP contribution in [0.1, 0.15) is 27.7 Å². The zero-order chi connectivity index (χ0) is 15.8. The van der Waals surface area contributed by atoms with Crippen molar-refractivity contribution in [2.75, 3.05) is 19.7 Å². The second-order valence-corrected chi connectivity index (χ2v) is 6.44. The number of halogens is 1. The summed E-state index contributed by atoms with van der Waals surface area (Å²) in [6.45, 7) is 10.2. The second-order valence-electron chi connectivity index (χ2n) is 5.52. The smallest absolute Gasteiger partial charge is 0.257 e. The molecule has 1 amide bonds. The predicted molar refractivity (Wildman–Crippen MR) is 89.6 cm³/mol. The molecule has 0 atom stereocenters. The number of hydrogen-bond donors (Lipinski definition) is 1. The monoisotopic (exact) mass is 356 g/mol. The summed E-state index contributed by atoms with van der Waals surface area (Å²) in [5.74, 6) is 0.591. The lowest BCUT2D eigenvalue weighted by molar-refractivity contribution is -0.123. The van der Waals surface area contributed by atoms with Gasteiger partial charge in [-0.15, -0.1) is 0 Å². The van der Waals surface area contributed by atoms with Crippen LogP contribution in [0.2, 0.25) is 0 Å². The first kappa shape index (κ1) is 18.0. The normalized spacial score (nSPS) is 11.2. The summed E-state index contributed by atoms with van der Waals surface area (Å²) in [6.07, 6.45) is 0. The highest BCUT2D eigenvalue weighted by Crippen LogP contribution is 2.17. The lowest BCUT2D eigenvalue weighted by Crippen LogP contribution is -2.43. The number of amides is 1. The van der Waals surface area contributed by atoms with E-state index in [0.717, 1.165) is 11.0 Å². The van der Waals surface area contributed by atoms with Crippen LogP contribution < -0.4 is 10.1 Å². The van der Waals surface area contributed by atoms with Crippen LogP contribution in [0.5, 0.6) is 5.75 Å². The van der Waals surface area contributed by atoms with E-state index in [1.807, 2.05) is 24.3 Å². The van der Waals surface area contributed by atoms with Gasteiger partial charge in [-0.3, -0.25) is 9.69 Å². The van der Waals surface area contributed by atoms with E-state index < -0.39 is 0 Å². The highest BCUT2D eigenvalue weighted by Gasteiger charge is 2.13. The maximum Gasteiger partial charge on any atom is 0.257 e. The molecule has 0 radical (unpaired) electrons. The highest BCUT2D eigenvalue weighted by molar-refractivity contribution is 9.10. The summed E-state index contributed by atoms with van der Waals surface area (Å²) in [4.78, 5) is 14.1. The minimum Gasteiger partial charge on any atom is -0.484 e. The van der Waals surface area contributed by atoms with E-state index >= 15 is 0 Å². The summed E-state index contributed by atoms with van der Waals surface area (Å²) in [5.41, 5.74) is 0. The molecule has 1 rings (SSSR count). The number of benzene rings is 1. The quantitative estimate of drug-likeness (QED) is 0.778. The van der Waals surface area contributed by atoms with Crippen molar-refractivity contribution in [2.45, 2.75) is 39.8 Å². The fraction of sp³-hybridized carbons (Fsp3) is 0.562. The van der Waals surface area contributed by atoms with E-state index in [4.69, 9.17) is 4.74 Å². The molecule has 0 fully saturated rings. The van der Waals surface area contributed by atoms with Crippen LogP contribution in [0.3, 0.4) is 0 Å². The molecule has 1 aromatic rings. The Morgan fingerprint density at radius 1 is 1.29 bits per heavy atom. The molecule has 0 unspecified atom stereocenters. The van der Waals surface area contributed by atoms with Gasteiger partial charge < -0.3 is 10.1 Å². The number of hydrogen-bond acceptors (Lipinski definition) is 3. The number of ether oxygens (including phenoxy) is 1. The maximum absolute atomic E-state index is 11.8. The molecule has 0 bridgehead atoms. The van der Waals surface area contributed by atoms with E-state index in [1.165, 1.54) is 0 Å². The Labute approximate surface area is 136 Å². The number of nitrogens with zero attached hydrogens (tertiary/aromatic N) is 1. The van der Waals surface area contributed by atoms with Crippen molar-refractivity contribution in [1.82, 2.24) is 10.2 Å². The molecule has 0 spiro atoms. The van der Waals surface area contributed by atoms with Crippen LogP contribution in [0.25, 0.3) is 0 Å². The Kier molecular flexibility index (Phi) is 7.75. The van der Waals surface area contributed by atoms with Gasteiger partial charge >= 0.3 is 0 Å². The molecule has 5 heteroatoms. The van der Waals surface area contributed by atoms with E-state index in [1.54, 1.807) is 0 Å². The highest BCUT2D eigenvalue weighted by atomic mass is 79.9. The van der Waals surface area contributed by atoms with Crippen molar-refractivity contribution in [1.29, 1.82) is 0 Å². The first-order valence-electron chi connectivity index (χ1n) is 7.31. The Morgan fingerprint density at radius 3 is 2.52 bits per heavy atom. The second kappa shape index (κ2) is 9.05. The van der Waals surface area contributed by atoms with Gasteiger partial charge in [0.25, 0.3) is 5.91 Å². The van der Waals surface area contributed by atoms with Crippen molar-refractivity contribution in [2.24, 2.45) is 0 Å². The standard InChI is InChI=1S/C16H25BrN2O2/c1-12(2)19(13(3)4)9-8-18-16(20)11-21-15-7-5-6-14(17)10-15/h5-7,10,12-13H,8-9,11H2,1-4H3,(H,18,20).